The average Bonchev–Trinajstić information content (AvgIpc) is 2.79. The summed E-state index contributed by atoms with van der Waals surface area (Å²) in [7, 11) is -0.991. The molecule has 0 amide bonds. The smallest absolute Gasteiger partial charge is 0.295 e. The molecule has 32 heavy (non-hydrogen) atoms. The monoisotopic (exact) mass is 456 g/mol. The lowest BCUT2D eigenvalue weighted by atomic mass is 10.2. The second-order valence-corrected chi connectivity index (χ2v) is 8.07. The first-order valence-electron chi connectivity index (χ1n) is 9.21. The Kier molecular flexibility index (Phi) is 6.90. The summed E-state index contributed by atoms with van der Waals surface area (Å²) in [4.78, 5) is 10.6. The molecular formula is C21H20N4O6S. The van der Waals surface area contributed by atoms with Crippen LogP contribution in [0.3, 0.4) is 0 Å². The molecule has 0 spiro atoms. The maximum atomic E-state index is 12.6. The highest BCUT2D eigenvalue weighted by atomic mass is 32.2. The maximum absolute atomic E-state index is 12.6. The molecular weight excluding hydrogens is 436 g/mol. The van der Waals surface area contributed by atoms with E-state index in [4.69, 9.17) is 9.47 Å². The first-order chi connectivity index (χ1) is 15.3. The lowest BCUT2D eigenvalue weighted by molar-refractivity contribution is -0.384. The van der Waals surface area contributed by atoms with Gasteiger partial charge >= 0.3 is 0 Å². The lowest BCUT2D eigenvalue weighted by Crippen LogP contribution is -2.13. The molecule has 0 unspecified atom stereocenters. The molecule has 0 heterocycles. The van der Waals surface area contributed by atoms with Crippen LogP contribution in [0.25, 0.3) is 0 Å². The number of sulfonamides is 1. The Hall–Kier alpha value is -4.12. The fourth-order valence-corrected chi connectivity index (χ4v) is 3.82. The van der Waals surface area contributed by atoms with Crippen molar-refractivity contribution in [1.29, 1.82) is 0 Å². The zero-order valence-corrected chi connectivity index (χ0v) is 18.0. The van der Waals surface area contributed by atoms with Gasteiger partial charge in [-0.2, -0.15) is 5.10 Å². The number of ether oxygens (including phenoxy) is 2. The second kappa shape index (κ2) is 9.79. The average molecular weight is 456 g/mol. The number of nitro groups is 1. The number of nitrogens with zero attached hydrogens (tertiary/aromatic N) is 2. The van der Waals surface area contributed by atoms with Crippen LogP contribution in [0.4, 0.5) is 17.1 Å². The third-order valence-electron chi connectivity index (χ3n) is 4.33. The van der Waals surface area contributed by atoms with Gasteiger partial charge in [0.1, 0.15) is 17.2 Å². The van der Waals surface area contributed by atoms with Crippen LogP contribution in [-0.2, 0) is 10.0 Å². The van der Waals surface area contributed by atoms with Gasteiger partial charge in [-0.1, -0.05) is 18.2 Å². The van der Waals surface area contributed by atoms with Crippen molar-refractivity contribution in [3.63, 3.8) is 0 Å². The molecule has 0 saturated carbocycles. The van der Waals surface area contributed by atoms with Gasteiger partial charge in [-0.25, -0.2) is 8.42 Å². The van der Waals surface area contributed by atoms with E-state index in [1.807, 2.05) is 0 Å². The molecule has 0 bridgehead atoms. The number of benzene rings is 3. The van der Waals surface area contributed by atoms with E-state index in [-0.39, 0.29) is 10.6 Å². The topological polar surface area (TPSA) is 132 Å². The molecule has 3 aromatic rings. The summed E-state index contributed by atoms with van der Waals surface area (Å²) in [5, 5.41) is 15.5. The van der Waals surface area contributed by atoms with Gasteiger partial charge in [0.2, 0.25) is 0 Å². The van der Waals surface area contributed by atoms with Crippen molar-refractivity contribution < 1.29 is 22.8 Å². The molecule has 0 aromatic heterocycles. The third-order valence-corrected chi connectivity index (χ3v) is 5.71. The summed E-state index contributed by atoms with van der Waals surface area (Å²) in [6.45, 7) is 0. The van der Waals surface area contributed by atoms with Gasteiger partial charge < -0.3 is 9.47 Å². The molecule has 10 nitrogen and oxygen atoms in total. The molecule has 2 N–H and O–H groups in total. The number of methoxy groups -OCH3 is 2. The predicted octanol–water partition coefficient (Wildman–Crippen LogP) is 3.86. The van der Waals surface area contributed by atoms with E-state index in [1.54, 1.807) is 48.5 Å². The quantitative estimate of drug-likeness (QED) is 0.284. The normalized spacial score (nSPS) is 11.2. The molecule has 0 fully saturated rings. The molecule has 3 aromatic carbocycles. The summed E-state index contributed by atoms with van der Waals surface area (Å²) in [5.74, 6) is 1.10. The molecule has 166 valence electrons. The van der Waals surface area contributed by atoms with Crippen molar-refractivity contribution in [3.05, 3.63) is 82.4 Å². The highest BCUT2D eigenvalue weighted by Crippen LogP contribution is 2.29. The maximum Gasteiger partial charge on any atom is 0.295 e. The molecule has 11 heteroatoms. The molecule has 0 aliphatic rings. The highest BCUT2D eigenvalue weighted by Gasteiger charge is 2.21. The van der Waals surface area contributed by atoms with Crippen LogP contribution in [0.15, 0.2) is 76.7 Å². The molecule has 0 aliphatic heterocycles. The van der Waals surface area contributed by atoms with E-state index in [2.05, 4.69) is 15.2 Å². The van der Waals surface area contributed by atoms with E-state index < -0.39 is 20.6 Å². The minimum absolute atomic E-state index is 0.0254. The van der Waals surface area contributed by atoms with Crippen molar-refractivity contribution in [2.75, 3.05) is 24.4 Å². The SMILES string of the molecule is COc1ccc(C=NNc2ccc(S(=O)(=O)Nc3ccccc3)cc2[N+](=O)[O-])c(OC)c1. The summed E-state index contributed by atoms with van der Waals surface area (Å²) >= 11 is 0. The van der Waals surface area contributed by atoms with E-state index in [1.165, 1.54) is 32.6 Å². The van der Waals surface area contributed by atoms with Crippen LogP contribution in [0, 0.1) is 10.1 Å². The van der Waals surface area contributed by atoms with Crippen LogP contribution in [0.5, 0.6) is 11.5 Å². The van der Waals surface area contributed by atoms with Crippen LogP contribution in [0.1, 0.15) is 5.56 Å². The van der Waals surface area contributed by atoms with Crippen molar-refractivity contribution in [1.82, 2.24) is 0 Å². The Bertz CT molecular complexity index is 1250. The number of para-hydroxylation sites is 1. The Labute approximate surface area is 184 Å². The van der Waals surface area contributed by atoms with Gasteiger partial charge in [0.05, 0.1) is 30.3 Å². The van der Waals surface area contributed by atoms with Crippen molar-refractivity contribution >= 4 is 33.3 Å². The summed E-state index contributed by atoms with van der Waals surface area (Å²) in [6, 6.07) is 16.8. The van der Waals surface area contributed by atoms with Gasteiger partial charge in [0.15, 0.2) is 0 Å². The van der Waals surface area contributed by atoms with Crippen molar-refractivity contribution in [2.45, 2.75) is 4.90 Å². The fraction of sp³-hybridized carbons (Fsp3) is 0.0952. The first-order valence-corrected chi connectivity index (χ1v) is 10.7. The molecule has 0 atom stereocenters. The van der Waals surface area contributed by atoms with Crippen LogP contribution in [0.2, 0.25) is 0 Å². The minimum Gasteiger partial charge on any atom is -0.497 e. The van der Waals surface area contributed by atoms with E-state index in [0.29, 0.717) is 22.7 Å². The first kappa shape index (κ1) is 22.6. The zero-order chi connectivity index (χ0) is 23.1. The summed E-state index contributed by atoms with van der Waals surface area (Å²) in [6.07, 6.45) is 1.42. The van der Waals surface area contributed by atoms with Gasteiger partial charge in [-0.15, -0.1) is 0 Å². The Morgan fingerprint density at radius 3 is 2.41 bits per heavy atom. The van der Waals surface area contributed by atoms with Crippen molar-refractivity contribution in [2.24, 2.45) is 5.10 Å². The number of nitrogens with one attached hydrogen (secondary N) is 2. The molecule has 3 rings (SSSR count). The summed E-state index contributed by atoms with van der Waals surface area (Å²) < 4.78 is 38.0. The number of hydrazone groups is 1. The van der Waals surface area contributed by atoms with E-state index in [0.717, 1.165) is 6.07 Å². The number of hydrogen-bond acceptors (Lipinski definition) is 8. The molecule has 0 radical (unpaired) electrons. The van der Waals surface area contributed by atoms with Gasteiger partial charge in [-0.05, 0) is 36.4 Å². The Balaban J connectivity index is 1.84. The van der Waals surface area contributed by atoms with Gasteiger partial charge in [0.25, 0.3) is 15.7 Å². The minimum atomic E-state index is -4.01. The van der Waals surface area contributed by atoms with Crippen molar-refractivity contribution in [3.8, 4) is 11.5 Å². The zero-order valence-electron chi connectivity index (χ0n) is 17.2. The third kappa shape index (κ3) is 5.32. The largest absolute Gasteiger partial charge is 0.497 e. The van der Waals surface area contributed by atoms with Gasteiger partial charge in [0, 0.05) is 23.4 Å². The number of rotatable bonds is 9. The van der Waals surface area contributed by atoms with Crippen LogP contribution < -0.4 is 19.6 Å². The van der Waals surface area contributed by atoms with E-state index in [9.17, 15) is 18.5 Å². The van der Waals surface area contributed by atoms with E-state index >= 15 is 0 Å². The Morgan fingerprint density at radius 2 is 1.75 bits per heavy atom. The highest BCUT2D eigenvalue weighted by molar-refractivity contribution is 7.92. The standard InChI is InChI=1S/C21H20N4O6S/c1-30-17-9-8-15(21(12-17)31-2)14-22-23-19-11-10-18(13-20(19)25(26)27)32(28,29)24-16-6-4-3-5-7-16/h3-14,23-24H,1-2H3. The van der Waals surface area contributed by atoms with Crippen LogP contribution in [-0.4, -0.2) is 33.8 Å². The second-order valence-electron chi connectivity index (χ2n) is 6.39. The number of nitro benzene ring substituents is 1. The molecule has 0 saturated heterocycles. The Morgan fingerprint density at radius 1 is 1.00 bits per heavy atom. The fourth-order valence-electron chi connectivity index (χ4n) is 2.74. The number of hydrogen-bond donors (Lipinski definition) is 2. The summed E-state index contributed by atoms with van der Waals surface area (Å²) in [5.41, 5.74) is 3.11. The predicted molar refractivity (Wildman–Crippen MR) is 121 cm³/mol. The molecule has 0 aliphatic carbocycles. The van der Waals surface area contributed by atoms with Crippen LogP contribution >= 0.6 is 0 Å². The number of anilines is 2. The van der Waals surface area contributed by atoms with Gasteiger partial charge in [-0.3, -0.25) is 20.3 Å². The lowest BCUT2D eigenvalue weighted by Gasteiger charge is -2.09.